The average molecular weight is 185 g/mol. The van der Waals surface area contributed by atoms with Crippen LogP contribution >= 0.6 is 0 Å². The molecule has 1 saturated heterocycles. The lowest BCUT2D eigenvalue weighted by molar-refractivity contribution is -0.142. The molecule has 13 heavy (non-hydrogen) atoms. The van der Waals surface area contributed by atoms with Gasteiger partial charge in [0.15, 0.2) is 0 Å². The maximum absolute atomic E-state index is 11.7. The Bertz CT molecular complexity index is 178. The Kier molecular flexibility index (Phi) is 3.31. The molecule has 1 fully saturated rings. The molecule has 0 aliphatic carbocycles. The summed E-state index contributed by atoms with van der Waals surface area (Å²) < 4.78 is 5.22. The van der Waals surface area contributed by atoms with Gasteiger partial charge in [0.1, 0.15) is 6.73 Å². The lowest BCUT2D eigenvalue weighted by Gasteiger charge is -2.29. The van der Waals surface area contributed by atoms with Crippen molar-refractivity contribution >= 4 is 5.91 Å². The Hall–Kier alpha value is -0.570. The highest BCUT2D eigenvalue weighted by Gasteiger charge is 2.22. The van der Waals surface area contributed by atoms with Gasteiger partial charge in [0, 0.05) is 13.0 Å². The fourth-order valence-electron chi connectivity index (χ4n) is 1.36. The van der Waals surface area contributed by atoms with Crippen molar-refractivity contribution in [1.29, 1.82) is 0 Å². The molecule has 1 heterocycles. The van der Waals surface area contributed by atoms with Crippen LogP contribution in [0, 0.1) is 5.41 Å². The number of amides is 1. The molecule has 1 amide bonds. The summed E-state index contributed by atoms with van der Waals surface area (Å²) in [5.74, 6) is 0.215. The number of hydrogen-bond acceptors (Lipinski definition) is 2. The Morgan fingerprint density at radius 3 is 2.62 bits per heavy atom. The van der Waals surface area contributed by atoms with Crippen molar-refractivity contribution in [3.05, 3.63) is 0 Å². The highest BCUT2D eigenvalue weighted by atomic mass is 16.5. The van der Waals surface area contributed by atoms with Gasteiger partial charge in [-0.3, -0.25) is 4.79 Å². The molecule has 0 N–H and O–H groups in total. The summed E-state index contributed by atoms with van der Waals surface area (Å²) in [4.78, 5) is 13.5. The van der Waals surface area contributed by atoms with E-state index in [0.717, 1.165) is 19.6 Å². The van der Waals surface area contributed by atoms with Gasteiger partial charge in [-0.1, -0.05) is 20.8 Å². The van der Waals surface area contributed by atoms with Gasteiger partial charge in [0.25, 0.3) is 0 Å². The fraction of sp³-hybridized carbons (Fsp3) is 0.900. The van der Waals surface area contributed by atoms with Crippen LogP contribution in [0.3, 0.4) is 0 Å². The van der Waals surface area contributed by atoms with Crippen LogP contribution < -0.4 is 0 Å². The van der Waals surface area contributed by atoms with Crippen LogP contribution in [0.2, 0.25) is 0 Å². The third-order valence-electron chi connectivity index (χ3n) is 2.00. The Morgan fingerprint density at radius 1 is 1.46 bits per heavy atom. The minimum Gasteiger partial charge on any atom is -0.361 e. The zero-order chi connectivity index (χ0) is 9.90. The van der Waals surface area contributed by atoms with E-state index in [1.807, 2.05) is 0 Å². The molecule has 1 rings (SSSR count). The molecule has 3 nitrogen and oxygen atoms in total. The topological polar surface area (TPSA) is 29.5 Å². The van der Waals surface area contributed by atoms with E-state index in [-0.39, 0.29) is 11.3 Å². The molecule has 0 saturated carbocycles. The van der Waals surface area contributed by atoms with Crippen molar-refractivity contribution in [1.82, 2.24) is 4.90 Å². The molecule has 0 unspecified atom stereocenters. The Balaban J connectivity index is 2.38. The van der Waals surface area contributed by atoms with E-state index < -0.39 is 0 Å². The van der Waals surface area contributed by atoms with Crippen LogP contribution in [0.25, 0.3) is 0 Å². The van der Waals surface area contributed by atoms with Gasteiger partial charge in [-0.25, -0.2) is 0 Å². The predicted molar refractivity (Wildman–Crippen MR) is 51.2 cm³/mol. The van der Waals surface area contributed by atoms with Gasteiger partial charge in [-0.2, -0.15) is 0 Å². The summed E-state index contributed by atoms with van der Waals surface area (Å²) in [5.41, 5.74) is 0.0779. The van der Waals surface area contributed by atoms with Gasteiger partial charge >= 0.3 is 0 Å². The summed E-state index contributed by atoms with van der Waals surface area (Å²) in [5, 5.41) is 0. The molecule has 0 aromatic rings. The summed E-state index contributed by atoms with van der Waals surface area (Å²) in [6.45, 7) is 8.37. The number of carbonyl (C=O) groups excluding carboxylic acids is 1. The van der Waals surface area contributed by atoms with Gasteiger partial charge < -0.3 is 9.64 Å². The van der Waals surface area contributed by atoms with E-state index >= 15 is 0 Å². The highest BCUT2D eigenvalue weighted by molar-refractivity contribution is 5.76. The van der Waals surface area contributed by atoms with Gasteiger partial charge in [-0.05, 0) is 11.8 Å². The van der Waals surface area contributed by atoms with Crippen molar-refractivity contribution in [3.8, 4) is 0 Å². The van der Waals surface area contributed by atoms with Crippen molar-refractivity contribution in [2.24, 2.45) is 5.41 Å². The predicted octanol–water partition coefficient (Wildman–Crippen LogP) is 1.63. The first-order valence-electron chi connectivity index (χ1n) is 4.84. The molecule has 0 aromatic heterocycles. The summed E-state index contributed by atoms with van der Waals surface area (Å²) in [7, 11) is 0. The van der Waals surface area contributed by atoms with Crippen LogP contribution in [-0.4, -0.2) is 30.7 Å². The maximum Gasteiger partial charge on any atom is 0.224 e. The summed E-state index contributed by atoms with van der Waals surface area (Å²) in [6.07, 6.45) is 1.58. The number of hydrogen-bond donors (Lipinski definition) is 0. The van der Waals surface area contributed by atoms with E-state index in [0.29, 0.717) is 13.2 Å². The van der Waals surface area contributed by atoms with E-state index in [4.69, 9.17) is 4.74 Å². The monoisotopic (exact) mass is 185 g/mol. The van der Waals surface area contributed by atoms with Crippen molar-refractivity contribution < 1.29 is 9.53 Å². The van der Waals surface area contributed by atoms with Crippen molar-refractivity contribution in [2.75, 3.05) is 19.9 Å². The Morgan fingerprint density at radius 2 is 2.15 bits per heavy atom. The molecule has 1 aliphatic heterocycles. The lowest BCUT2D eigenvalue weighted by atomic mass is 9.91. The van der Waals surface area contributed by atoms with E-state index in [1.54, 1.807) is 4.90 Å². The summed E-state index contributed by atoms with van der Waals surface area (Å²) in [6, 6.07) is 0. The SMILES string of the molecule is CC(C)(C)CC(=O)N1CCCOC1. The molecule has 3 heteroatoms. The van der Waals surface area contributed by atoms with Gasteiger partial charge in [0.2, 0.25) is 5.91 Å². The minimum atomic E-state index is 0.0779. The molecule has 0 spiro atoms. The summed E-state index contributed by atoms with van der Waals surface area (Å²) >= 11 is 0. The normalized spacial score (nSPS) is 18.8. The first-order chi connectivity index (χ1) is 5.99. The molecular formula is C10H19NO2. The largest absolute Gasteiger partial charge is 0.361 e. The molecule has 0 atom stereocenters. The average Bonchev–Trinajstić information content (AvgIpc) is 2.03. The van der Waals surface area contributed by atoms with Crippen molar-refractivity contribution in [3.63, 3.8) is 0 Å². The van der Waals surface area contributed by atoms with E-state index in [2.05, 4.69) is 20.8 Å². The first kappa shape index (κ1) is 10.5. The Labute approximate surface area is 80.1 Å². The smallest absolute Gasteiger partial charge is 0.224 e. The number of nitrogens with zero attached hydrogens (tertiary/aromatic N) is 1. The third-order valence-corrected chi connectivity index (χ3v) is 2.00. The second-order valence-electron chi connectivity index (χ2n) is 4.79. The quantitative estimate of drug-likeness (QED) is 0.621. The standard InChI is InChI=1S/C10H19NO2/c1-10(2,3)7-9(12)11-5-4-6-13-8-11/h4-8H2,1-3H3. The lowest BCUT2D eigenvalue weighted by Crippen LogP contribution is -2.39. The van der Waals surface area contributed by atoms with E-state index in [1.165, 1.54) is 0 Å². The number of ether oxygens (including phenoxy) is 1. The minimum absolute atomic E-state index is 0.0779. The zero-order valence-corrected chi connectivity index (χ0v) is 8.80. The van der Waals surface area contributed by atoms with Crippen LogP contribution in [0.4, 0.5) is 0 Å². The van der Waals surface area contributed by atoms with Crippen LogP contribution in [0.15, 0.2) is 0 Å². The number of rotatable bonds is 1. The molecule has 76 valence electrons. The van der Waals surface area contributed by atoms with Crippen LogP contribution in [0.5, 0.6) is 0 Å². The molecule has 0 radical (unpaired) electrons. The number of carbonyl (C=O) groups is 1. The van der Waals surface area contributed by atoms with Gasteiger partial charge in [-0.15, -0.1) is 0 Å². The second-order valence-corrected chi connectivity index (χ2v) is 4.79. The second kappa shape index (κ2) is 4.09. The highest BCUT2D eigenvalue weighted by Crippen LogP contribution is 2.20. The third kappa shape index (κ3) is 3.77. The fourth-order valence-corrected chi connectivity index (χ4v) is 1.36. The molecular weight excluding hydrogens is 166 g/mol. The first-order valence-corrected chi connectivity index (χ1v) is 4.84. The molecule has 0 aromatic carbocycles. The molecule has 0 bridgehead atoms. The maximum atomic E-state index is 11.7. The molecule has 1 aliphatic rings. The van der Waals surface area contributed by atoms with Crippen molar-refractivity contribution in [2.45, 2.75) is 33.6 Å². The van der Waals surface area contributed by atoms with Crippen LogP contribution in [-0.2, 0) is 9.53 Å². The van der Waals surface area contributed by atoms with E-state index in [9.17, 15) is 4.79 Å². The van der Waals surface area contributed by atoms with Gasteiger partial charge in [0.05, 0.1) is 6.61 Å². The zero-order valence-electron chi connectivity index (χ0n) is 8.80. The van der Waals surface area contributed by atoms with Crippen LogP contribution in [0.1, 0.15) is 33.6 Å².